The van der Waals surface area contributed by atoms with Crippen molar-refractivity contribution in [3.05, 3.63) is 215 Å². The molecule has 0 saturated carbocycles. The fourth-order valence-electron chi connectivity index (χ4n) is 5.80. The average molecular weight is 529 g/mol. The zero-order chi connectivity index (χ0) is 27.8. The summed E-state index contributed by atoms with van der Waals surface area (Å²) in [6.07, 6.45) is 1.92. The molecule has 0 aliphatic heterocycles. The van der Waals surface area contributed by atoms with E-state index >= 15 is 0 Å². The predicted molar refractivity (Wildman–Crippen MR) is 170 cm³/mol. The number of rotatable bonds is 9. The minimum Gasteiger partial charge on any atom is -0.359 e. The van der Waals surface area contributed by atoms with Crippen molar-refractivity contribution >= 4 is 6.34 Å². The van der Waals surface area contributed by atoms with Gasteiger partial charge in [0.15, 0.2) is 0 Å². The Morgan fingerprint density at radius 3 is 0.854 bits per heavy atom. The van der Waals surface area contributed by atoms with Crippen molar-refractivity contribution in [1.29, 1.82) is 0 Å². The number of hydrogen-bond acceptors (Lipinski definition) is 1. The van der Waals surface area contributed by atoms with E-state index in [1.165, 1.54) is 0 Å². The molecule has 0 amide bonds. The highest BCUT2D eigenvalue weighted by molar-refractivity contribution is 5.66. The molecule has 0 atom stereocenters. The largest absolute Gasteiger partial charge is 0.359 e. The summed E-state index contributed by atoms with van der Waals surface area (Å²) in [5, 5.41) is 3.86. The van der Waals surface area contributed by atoms with Crippen LogP contribution in [0.4, 0.5) is 0 Å². The number of nitrogens with one attached hydrogen (secondary N) is 1. The van der Waals surface area contributed by atoms with E-state index in [-0.39, 0.29) is 0 Å². The number of nitrogens with zero attached hydrogens (tertiary/aromatic N) is 1. The van der Waals surface area contributed by atoms with Gasteiger partial charge in [0.1, 0.15) is 11.1 Å². The quantitative estimate of drug-likeness (QED) is 0.113. The van der Waals surface area contributed by atoms with Gasteiger partial charge in [-0.1, -0.05) is 182 Å². The highest BCUT2D eigenvalue weighted by atomic mass is 15.0. The van der Waals surface area contributed by atoms with Gasteiger partial charge >= 0.3 is 0 Å². The molecular formula is C39H32N2. The molecular weight excluding hydrogens is 496 g/mol. The molecule has 198 valence electrons. The van der Waals surface area contributed by atoms with Crippen LogP contribution in [0.3, 0.4) is 0 Å². The van der Waals surface area contributed by atoms with Gasteiger partial charge in [-0.05, 0) is 33.4 Å². The predicted octanol–water partition coefficient (Wildman–Crippen LogP) is 8.59. The third kappa shape index (κ3) is 4.97. The second-order valence-corrected chi connectivity index (χ2v) is 10.1. The average Bonchev–Trinajstić information content (AvgIpc) is 3.08. The van der Waals surface area contributed by atoms with E-state index in [0.29, 0.717) is 0 Å². The van der Waals surface area contributed by atoms with Gasteiger partial charge in [0.25, 0.3) is 0 Å². The summed E-state index contributed by atoms with van der Waals surface area (Å²) in [5.41, 5.74) is 5.27. The lowest BCUT2D eigenvalue weighted by molar-refractivity contribution is 0.571. The molecule has 6 aromatic carbocycles. The van der Waals surface area contributed by atoms with Crippen LogP contribution >= 0.6 is 0 Å². The number of aliphatic imine (C=N–C) groups is 1. The fourth-order valence-corrected chi connectivity index (χ4v) is 5.80. The molecule has 0 bridgehead atoms. The Labute approximate surface area is 242 Å². The second kappa shape index (κ2) is 11.9. The highest BCUT2D eigenvalue weighted by Gasteiger charge is 2.38. The molecule has 0 spiro atoms. The Hall–Kier alpha value is -5.21. The summed E-state index contributed by atoms with van der Waals surface area (Å²) >= 11 is 0. The van der Waals surface area contributed by atoms with E-state index in [4.69, 9.17) is 4.99 Å². The van der Waals surface area contributed by atoms with Crippen molar-refractivity contribution in [3.8, 4) is 0 Å². The molecule has 1 N–H and O–H groups in total. The van der Waals surface area contributed by atoms with Gasteiger partial charge in [0.05, 0.1) is 6.34 Å². The Balaban J connectivity index is 1.59. The van der Waals surface area contributed by atoms with Crippen LogP contribution in [0.5, 0.6) is 0 Å². The van der Waals surface area contributed by atoms with Crippen LogP contribution in [-0.4, -0.2) is 6.34 Å². The van der Waals surface area contributed by atoms with Crippen molar-refractivity contribution in [2.45, 2.75) is 11.1 Å². The molecule has 6 aromatic rings. The van der Waals surface area contributed by atoms with Crippen molar-refractivity contribution in [3.63, 3.8) is 0 Å². The third-order valence-electron chi connectivity index (χ3n) is 7.73. The van der Waals surface area contributed by atoms with E-state index in [9.17, 15) is 0 Å². The van der Waals surface area contributed by atoms with E-state index in [2.05, 4.69) is 187 Å². The van der Waals surface area contributed by atoms with Crippen LogP contribution in [0, 0.1) is 0 Å². The summed E-state index contributed by atoms with van der Waals surface area (Å²) in [5.74, 6) is 0. The van der Waals surface area contributed by atoms with E-state index in [0.717, 1.165) is 33.4 Å². The lowest BCUT2D eigenvalue weighted by Gasteiger charge is -2.37. The maximum atomic E-state index is 5.49. The summed E-state index contributed by atoms with van der Waals surface area (Å²) in [4.78, 5) is 5.49. The first-order valence-electron chi connectivity index (χ1n) is 14.0. The van der Waals surface area contributed by atoms with Crippen molar-refractivity contribution < 1.29 is 0 Å². The second-order valence-electron chi connectivity index (χ2n) is 10.1. The molecule has 0 unspecified atom stereocenters. The molecule has 2 heteroatoms. The highest BCUT2D eigenvalue weighted by Crippen LogP contribution is 2.41. The topological polar surface area (TPSA) is 24.4 Å². The van der Waals surface area contributed by atoms with E-state index in [1.54, 1.807) is 0 Å². The Morgan fingerprint density at radius 2 is 0.585 bits per heavy atom. The number of hydrogen-bond donors (Lipinski definition) is 1. The minimum absolute atomic E-state index is 0.664. The molecule has 0 radical (unpaired) electrons. The molecule has 0 aliphatic rings. The van der Waals surface area contributed by atoms with Gasteiger partial charge in [0, 0.05) is 0 Å². The lowest BCUT2D eigenvalue weighted by atomic mass is 9.77. The first kappa shape index (κ1) is 26.0. The lowest BCUT2D eigenvalue weighted by Crippen LogP contribution is -2.44. The standard InChI is InChI=1S/C39H32N2/c1-7-19-32(20-8-1)38(33-21-9-2-10-22-33,34-23-11-3-12-24-34)40-31-41-39(35-25-13-4-14-26-35,36-27-15-5-16-28-36)37-29-17-6-18-30-37/h1-31H,(H,40,41). The Bertz CT molecular complexity index is 1470. The molecule has 0 fully saturated rings. The maximum absolute atomic E-state index is 5.49. The summed E-state index contributed by atoms with van der Waals surface area (Å²) in [7, 11) is 0. The normalized spacial score (nSPS) is 11.8. The zero-order valence-corrected chi connectivity index (χ0v) is 22.8. The van der Waals surface area contributed by atoms with Gasteiger partial charge in [-0.2, -0.15) is 0 Å². The SMILES string of the molecule is C(=NC(c1ccccc1)(c1ccccc1)c1ccccc1)NC(c1ccccc1)(c1ccccc1)c1ccccc1. The monoisotopic (exact) mass is 528 g/mol. The third-order valence-corrected chi connectivity index (χ3v) is 7.73. The van der Waals surface area contributed by atoms with Gasteiger partial charge in [-0.15, -0.1) is 0 Å². The van der Waals surface area contributed by atoms with Crippen LogP contribution in [0.25, 0.3) is 0 Å². The van der Waals surface area contributed by atoms with Gasteiger partial charge in [-0.3, -0.25) is 4.99 Å². The van der Waals surface area contributed by atoms with Crippen molar-refractivity contribution in [2.24, 2.45) is 4.99 Å². The Kier molecular flexibility index (Phi) is 7.55. The van der Waals surface area contributed by atoms with Gasteiger partial charge in [-0.25, -0.2) is 0 Å². The van der Waals surface area contributed by atoms with Crippen LogP contribution in [0.1, 0.15) is 33.4 Å². The van der Waals surface area contributed by atoms with Crippen molar-refractivity contribution in [2.75, 3.05) is 0 Å². The first-order valence-corrected chi connectivity index (χ1v) is 14.0. The molecule has 0 saturated heterocycles. The minimum atomic E-state index is -0.757. The molecule has 0 aliphatic carbocycles. The first-order chi connectivity index (χ1) is 20.3. The fraction of sp³-hybridized carbons (Fsp3) is 0.0513. The Morgan fingerprint density at radius 1 is 0.341 bits per heavy atom. The van der Waals surface area contributed by atoms with Gasteiger partial charge < -0.3 is 5.32 Å². The maximum Gasteiger partial charge on any atom is 0.137 e. The summed E-state index contributed by atoms with van der Waals surface area (Å²) < 4.78 is 0. The van der Waals surface area contributed by atoms with Crippen LogP contribution in [0.2, 0.25) is 0 Å². The van der Waals surface area contributed by atoms with Crippen LogP contribution in [-0.2, 0) is 11.1 Å². The van der Waals surface area contributed by atoms with E-state index < -0.39 is 11.1 Å². The van der Waals surface area contributed by atoms with E-state index in [1.807, 2.05) is 6.34 Å². The smallest absolute Gasteiger partial charge is 0.137 e. The summed E-state index contributed by atoms with van der Waals surface area (Å²) in [6.45, 7) is 0. The summed E-state index contributed by atoms with van der Waals surface area (Å²) in [6, 6.07) is 63.5. The molecule has 2 nitrogen and oxygen atoms in total. The number of benzene rings is 6. The molecule has 0 aromatic heterocycles. The molecule has 0 heterocycles. The van der Waals surface area contributed by atoms with Crippen LogP contribution < -0.4 is 5.32 Å². The van der Waals surface area contributed by atoms with Crippen LogP contribution in [0.15, 0.2) is 187 Å². The van der Waals surface area contributed by atoms with Crippen molar-refractivity contribution in [1.82, 2.24) is 5.32 Å². The molecule has 6 rings (SSSR count). The zero-order valence-electron chi connectivity index (χ0n) is 22.8. The molecule has 41 heavy (non-hydrogen) atoms. The van der Waals surface area contributed by atoms with Gasteiger partial charge in [0.2, 0.25) is 0 Å².